The van der Waals surface area contributed by atoms with Crippen LogP contribution in [0.3, 0.4) is 0 Å². The van der Waals surface area contributed by atoms with E-state index in [1.807, 2.05) is 32.3 Å². The molecule has 1 atom stereocenters. The number of hydrogen-bond acceptors (Lipinski definition) is 2. The van der Waals surface area contributed by atoms with Crippen molar-refractivity contribution in [2.75, 3.05) is 0 Å². The Bertz CT molecular complexity index is 567. The average molecular weight is 272 g/mol. The van der Waals surface area contributed by atoms with E-state index in [-0.39, 0.29) is 11.9 Å². The Kier molecular flexibility index (Phi) is 4.82. The van der Waals surface area contributed by atoms with Crippen molar-refractivity contribution in [3.05, 3.63) is 54.3 Å². The predicted molar refractivity (Wildman–Crippen MR) is 79.1 cm³/mol. The van der Waals surface area contributed by atoms with Gasteiger partial charge in [0.1, 0.15) is 5.76 Å². The number of nitrogens with one attached hydrogen (secondary N) is 1. The normalized spacial score (nSPS) is 12.7. The van der Waals surface area contributed by atoms with Gasteiger partial charge in [-0.05, 0) is 50.1 Å². The number of hydrogen-bond donors (Lipinski definition) is 1. The van der Waals surface area contributed by atoms with Crippen LogP contribution in [0.25, 0.3) is 6.08 Å². The Morgan fingerprint density at radius 2 is 2.30 bits per heavy atom. The van der Waals surface area contributed by atoms with Gasteiger partial charge in [-0.3, -0.25) is 4.79 Å². The molecule has 0 fully saturated rings. The molecule has 0 aromatic carbocycles. The van der Waals surface area contributed by atoms with Crippen molar-refractivity contribution in [3.8, 4) is 0 Å². The van der Waals surface area contributed by atoms with Crippen molar-refractivity contribution >= 4 is 12.0 Å². The molecule has 0 bridgehead atoms. The van der Waals surface area contributed by atoms with E-state index < -0.39 is 0 Å². The van der Waals surface area contributed by atoms with Gasteiger partial charge in [0.15, 0.2) is 0 Å². The molecule has 2 aromatic rings. The van der Waals surface area contributed by atoms with E-state index in [4.69, 9.17) is 4.42 Å². The summed E-state index contributed by atoms with van der Waals surface area (Å²) >= 11 is 0. The fourth-order valence-corrected chi connectivity index (χ4v) is 2.03. The summed E-state index contributed by atoms with van der Waals surface area (Å²) in [6, 6.07) is 7.87. The fraction of sp³-hybridized carbons (Fsp3) is 0.312. The van der Waals surface area contributed by atoms with Gasteiger partial charge < -0.3 is 14.3 Å². The molecule has 0 aliphatic rings. The second kappa shape index (κ2) is 6.80. The van der Waals surface area contributed by atoms with Gasteiger partial charge >= 0.3 is 0 Å². The Hall–Kier alpha value is -2.23. The minimum absolute atomic E-state index is 0.0965. The Morgan fingerprint density at radius 1 is 1.45 bits per heavy atom. The highest BCUT2D eigenvalue weighted by atomic mass is 16.3. The van der Waals surface area contributed by atoms with Gasteiger partial charge in [-0.1, -0.05) is 0 Å². The number of furan rings is 1. The Morgan fingerprint density at radius 3 is 2.95 bits per heavy atom. The molecule has 0 radical (unpaired) electrons. The fourth-order valence-electron chi connectivity index (χ4n) is 2.03. The van der Waals surface area contributed by atoms with Crippen LogP contribution in [0.4, 0.5) is 0 Å². The lowest BCUT2D eigenvalue weighted by molar-refractivity contribution is -0.117. The molecule has 2 heterocycles. The number of nitrogens with zero attached hydrogens (tertiary/aromatic N) is 1. The number of aryl methyl sites for hydroxylation is 2. The third kappa shape index (κ3) is 4.16. The lowest BCUT2D eigenvalue weighted by atomic mass is 10.1. The summed E-state index contributed by atoms with van der Waals surface area (Å²) in [5, 5.41) is 2.95. The number of carbonyl (C=O) groups excluding carboxylic acids is 1. The molecule has 0 saturated heterocycles. The van der Waals surface area contributed by atoms with Crippen molar-refractivity contribution in [1.29, 1.82) is 0 Å². The molecule has 1 amide bonds. The van der Waals surface area contributed by atoms with Crippen molar-refractivity contribution in [1.82, 2.24) is 9.88 Å². The molecule has 106 valence electrons. The first-order valence-corrected chi connectivity index (χ1v) is 6.77. The summed E-state index contributed by atoms with van der Waals surface area (Å²) in [7, 11) is 2.03. The van der Waals surface area contributed by atoms with Crippen molar-refractivity contribution < 1.29 is 9.21 Å². The average Bonchev–Trinajstić information content (AvgIpc) is 3.05. The van der Waals surface area contributed by atoms with Crippen molar-refractivity contribution in [2.24, 2.45) is 7.05 Å². The summed E-state index contributed by atoms with van der Waals surface area (Å²) in [5.74, 6) is 0.581. The largest absolute Gasteiger partial charge is 0.465 e. The predicted octanol–water partition coefficient (Wildman–Crippen LogP) is 2.77. The highest BCUT2D eigenvalue weighted by Crippen LogP contribution is 2.06. The number of rotatable bonds is 6. The lowest BCUT2D eigenvalue weighted by Gasteiger charge is -2.12. The number of amides is 1. The maximum atomic E-state index is 11.7. The molecule has 4 nitrogen and oxygen atoms in total. The zero-order valence-electron chi connectivity index (χ0n) is 11.9. The summed E-state index contributed by atoms with van der Waals surface area (Å²) in [6.07, 6.45) is 8.65. The second-order valence-corrected chi connectivity index (χ2v) is 4.91. The van der Waals surface area contributed by atoms with Gasteiger partial charge in [0.2, 0.25) is 5.91 Å². The van der Waals surface area contributed by atoms with Gasteiger partial charge in [0.05, 0.1) is 6.26 Å². The van der Waals surface area contributed by atoms with Gasteiger partial charge in [-0.15, -0.1) is 0 Å². The summed E-state index contributed by atoms with van der Waals surface area (Å²) in [4.78, 5) is 11.7. The first-order valence-electron chi connectivity index (χ1n) is 6.77. The smallest absolute Gasteiger partial charge is 0.244 e. The van der Waals surface area contributed by atoms with E-state index >= 15 is 0 Å². The van der Waals surface area contributed by atoms with E-state index in [1.165, 1.54) is 11.8 Å². The molecule has 0 saturated carbocycles. The first-order chi connectivity index (χ1) is 9.65. The van der Waals surface area contributed by atoms with Crippen LogP contribution in [0.15, 0.2) is 47.2 Å². The van der Waals surface area contributed by atoms with Crippen LogP contribution in [-0.2, 0) is 18.3 Å². The first kappa shape index (κ1) is 14.2. The van der Waals surface area contributed by atoms with Gasteiger partial charge in [0.25, 0.3) is 0 Å². The molecule has 2 rings (SSSR count). The molecule has 2 aromatic heterocycles. The van der Waals surface area contributed by atoms with Crippen LogP contribution >= 0.6 is 0 Å². The van der Waals surface area contributed by atoms with Crippen molar-refractivity contribution in [3.63, 3.8) is 0 Å². The number of aromatic nitrogens is 1. The summed E-state index contributed by atoms with van der Waals surface area (Å²) in [6.45, 7) is 2.02. The monoisotopic (exact) mass is 272 g/mol. The quantitative estimate of drug-likeness (QED) is 0.822. The van der Waals surface area contributed by atoms with Crippen LogP contribution < -0.4 is 5.32 Å². The summed E-state index contributed by atoms with van der Waals surface area (Å²) in [5.41, 5.74) is 1.28. The van der Waals surface area contributed by atoms with Gasteiger partial charge in [0, 0.05) is 31.1 Å². The topological polar surface area (TPSA) is 47.2 Å². The van der Waals surface area contributed by atoms with Crippen LogP contribution in [0.5, 0.6) is 0 Å². The van der Waals surface area contributed by atoms with Crippen LogP contribution in [0, 0.1) is 0 Å². The Balaban J connectivity index is 1.75. The zero-order valence-corrected chi connectivity index (χ0v) is 11.9. The number of carbonyl (C=O) groups is 1. The van der Waals surface area contributed by atoms with E-state index in [9.17, 15) is 4.79 Å². The van der Waals surface area contributed by atoms with Crippen LogP contribution in [-0.4, -0.2) is 16.5 Å². The van der Waals surface area contributed by atoms with E-state index in [2.05, 4.69) is 16.0 Å². The maximum absolute atomic E-state index is 11.7. The molecule has 0 spiro atoms. The van der Waals surface area contributed by atoms with Gasteiger partial charge in [-0.2, -0.15) is 0 Å². The molecule has 0 aliphatic carbocycles. The Labute approximate surface area is 119 Å². The van der Waals surface area contributed by atoms with Crippen LogP contribution in [0.2, 0.25) is 0 Å². The third-order valence-corrected chi connectivity index (χ3v) is 3.22. The van der Waals surface area contributed by atoms with E-state index in [0.29, 0.717) is 5.76 Å². The minimum atomic E-state index is -0.0965. The molecule has 0 aliphatic heterocycles. The highest BCUT2D eigenvalue weighted by Gasteiger charge is 2.06. The lowest BCUT2D eigenvalue weighted by Crippen LogP contribution is -2.31. The molecular formula is C16H20N2O2. The van der Waals surface area contributed by atoms with Crippen LogP contribution in [0.1, 0.15) is 24.8 Å². The molecule has 20 heavy (non-hydrogen) atoms. The molecule has 0 unspecified atom stereocenters. The molecular weight excluding hydrogens is 252 g/mol. The summed E-state index contributed by atoms with van der Waals surface area (Å²) < 4.78 is 7.23. The zero-order chi connectivity index (χ0) is 14.4. The van der Waals surface area contributed by atoms with Gasteiger partial charge in [-0.25, -0.2) is 0 Å². The molecule has 1 N–H and O–H groups in total. The third-order valence-electron chi connectivity index (χ3n) is 3.22. The minimum Gasteiger partial charge on any atom is -0.465 e. The van der Waals surface area contributed by atoms with E-state index in [1.54, 1.807) is 18.4 Å². The SMILES string of the molecule is C[C@H](CCc1cccn1C)NC(=O)/C=C\c1ccco1. The highest BCUT2D eigenvalue weighted by molar-refractivity contribution is 5.91. The van der Waals surface area contributed by atoms with Crippen molar-refractivity contribution in [2.45, 2.75) is 25.8 Å². The molecule has 4 heteroatoms. The standard InChI is InChI=1S/C16H20N2O2/c1-13(7-8-14-5-3-11-18(14)2)17-16(19)10-9-15-6-4-12-20-15/h3-6,9-13H,7-8H2,1-2H3,(H,17,19)/b10-9-/t13-/m1/s1. The second-order valence-electron chi connectivity index (χ2n) is 4.91. The maximum Gasteiger partial charge on any atom is 0.244 e. The van der Waals surface area contributed by atoms with E-state index in [0.717, 1.165) is 12.8 Å².